The van der Waals surface area contributed by atoms with Crippen LogP contribution in [0.2, 0.25) is 5.15 Å². The van der Waals surface area contributed by atoms with Crippen LogP contribution in [0.3, 0.4) is 0 Å². The predicted octanol–water partition coefficient (Wildman–Crippen LogP) is 1.97. The van der Waals surface area contributed by atoms with Crippen LogP contribution in [0.5, 0.6) is 0 Å². The molecule has 0 saturated carbocycles. The number of hydrogen-bond donors (Lipinski definition) is 1. The van der Waals surface area contributed by atoms with Gasteiger partial charge in [0.25, 0.3) is 0 Å². The van der Waals surface area contributed by atoms with E-state index in [0.717, 1.165) is 5.39 Å². The van der Waals surface area contributed by atoms with Gasteiger partial charge in [-0.1, -0.05) is 11.6 Å². The van der Waals surface area contributed by atoms with Crippen molar-refractivity contribution in [1.29, 1.82) is 0 Å². The second kappa shape index (κ2) is 2.77. The molecule has 0 bridgehead atoms. The molecule has 2 aromatic heterocycles. The van der Waals surface area contributed by atoms with Gasteiger partial charge in [0.1, 0.15) is 23.1 Å². The van der Waals surface area contributed by atoms with Crippen LogP contribution in [0.25, 0.3) is 11.0 Å². The van der Waals surface area contributed by atoms with Gasteiger partial charge >= 0.3 is 0 Å². The Balaban J connectivity index is 2.74. The number of halogens is 1. The minimum Gasteiger partial charge on any atom is -0.458 e. The highest BCUT2D eigenvalue weighted by molar-refractivity contribution is 6.34. The van der Waals surface area contributed by atoms with Gasteiger partial charge in [-0.2, -0.15) is 0 Å². The SMILES string of the molecule is OCc1cc2c(Cl)nccc2o1. The molecule has 4 heteroatoms. The van der Waals surface area contributed by atoms with Crippen molar-refractivity contribution in [2.75, 3.05) is 0 Å². The maximum Gasteiger partial charge on any atom is 0.140 e. The van der Waals surface area contributed by atoms with Gasteiger partial charge in [-0.05, 0) is 12.1 Å². The maximum absolute atomic E-state index is 8.77. The number of aliphatic hydroxyl groups is 1. The minimum absolute atomic E-state index is 0.120. The molecule has 0 aliphatic carbocycles. The number of aromatic nitrogens is 1. The molecule has 2 rings (SSSR count). The lowest BCUT2D eigenvalue weighted by Gasteiger charge is -1.87. The number of hydrogen-bond acceptors (Lipinski definition) is 3. The van der Waals surface area contributed by atoms with E-state index in [1.807, 2.05) is 0 Å². The van der Waals surface area contributed by atoms with Crippen molar-refractivity contribution in [3.8, 4) is 0 Å². The van der Waals surface area contributed by atoms with E-state index in [0.29, 0.717) is 16.5 Å². The highest BCUT2D eigenvalue weighted by atomic mass is 35.5. The van der Waals surface area contributed by atoms with Gasteiger partial charge in [-0.3, -0.25) is 0 Å². The summed E-state index contributed by atoms with van der Waals surface area (Å²) in [6.45, 7) is -0.120. The largest absolute Gasteiger partial charge is 0.458 e. The summed E-state index contributed by atoms with van der Waals surface area (Å²) >= 11 is 5.77. The number of fused-ring (bicyclic) bond motifs is 1. The summed E-state index contributed by atoms with van der Waals surface area (Å²) in [6.07, 6.45) is 1.56. The van der Waals surface area contributed by atoms with Gasteiger partial charge in [-0.15, -0.1) is 0 Å². The molecule has 0 amide bonds. The first-order valence-electron chi connectivity index (χ1n) is 3.45. The van der Waals surface area contributed by atoms with Crippen LogP contribution >= 0.6 is 11.6 Å². The molecule has 0 aliphatic rings. The first-order valence-corrected chi connectivity index (χ1v) is 3.83. The van der Waals surface area contributed by atoms with E-state index >= 15 is 0 Å². The van der Waals surface area contributed by atoms with Gasteiger partial charge in [-0.25, -0.2) is 4.98 Å². The highest BCUT2D eigenvalue weighted by Crippen LogP contribution is 2.24. The van der Waals surface area contributed by atoms with Crippen molar-refractivity contribution < 1.29 is 9.52 Å². The van der Waals surface area contributed by atoms with E-state index in [9.17, 15) is 0 Å². The summed E-state index contributed by atoms with van der Waals surface area (Å²) < 4.78 is 5.22. The molecule has 12 heavy (non-hydrogen) atoms. The van der Waals surface area contributed by atoms with Crippen molar-refractivity contribution in [1.82, 2.24) is 4.98 Å². The van der Waals surface area contributed by atoms with Crippen LogP contribution in [0.4, 0.5) is 0 Å². The summed E-state index contributed by atoms with van der Waals surface area (Å²) in [7, 11) is 0. The monoisotopic (exact) mass is 183 g/mol. The van der Waals surface area contributed by atoms with Crippen LogP contribution in [0.15, 0.2) is 22.7 Å². The Morgan fingerprint density at radius 1 is 1.58 bits per heavy atom. The molecule has 0 spiro atoms. The molecule has 1 N–H and O–H groups in total. The second-order valence-electron chi connectivity index (χ2n) is 2.38. The third-order valence-corrected chi connectivity index (χ3v) is 1.90. The van der Waals surface area contributed by atoms with Crippen LogP contribution in [-0.4, -0.2) is 10.1 Å². The van der Waals surface area contributed by atoms with Crippen molar-refractivity contribution in [3.63, 3.8) is 0 Å². The van der Waals surface area contributed by atoms with Crippen molar-refractivity contribution in [2.45, 2.75) is 6.61 Å². The predicted molar refractivity (Wildman–Crippen MR) is 44.9 cm³/mol. The Hall–Kier alpha value is -1.06. The summed E-state index contributed by atoms with van der Waals surface area (Å²) in [5.74, 6) is 0.500. The summed E-state index contributed by atoms with van der Waals surface area (Å²) in [6, 6.07) is 3.39. The van der Waals surface area contributed by atoms with Crippen LogP contribution in [0.1, 0.15) is 5.76 Å². The Kier molecular flexibility index (Phi) is 1.75. The number of rotatable bonds is 1. The second-order valence-corrected chi connectivity index (χ2v) is 2.74. The summed E-state index contributed by atoms with van der Waals surface area (Å²) in [5.41, 5.74) is 0.652. The zero-order chi connectivity index (χ0) is 8.55. The van der Waals surface area contributed by atoms with Crippen LogP contribution in [-0.2, 0) is 6.61 Å². The van der Waals surface area contributed by atoms with E-state index in [2.05, 4.69) is 4.98 Å². The fourth-order valence-electron chi connectivity index (χ4n) is 1.06. The third kappa shape index (κ3) is 1.07. The molecule has 0 aromatic carbocycles. The van der Waals surface area contributed by atoms with E-state index in [-0.39, 0.29) is 6.61 Å². The zero-order valence-electron chi connectivity index (χ0n) is 6.12. The number of aliphatic hydroxyl groups excluding tert-OH is 1. The smallest absolute Gasteiger partial charge is 0.140 e. The van der Waals surface area contributed by atoms with Crippen LogP contribution in [0, 0.1) is 0 Å². The average molecular weight is 184 g/mol. The quantitative estimate of drug-likeness (QED) is 0.688. The van der Waals surface area contributed by atoms with E-state index in [1.165, 1.54) is 0 Å². The molecule has 0 aliphatic heterocycles. The molecule has 62 valence electrons. The maximum atomic E-state index is 8.77. The Morgan fingerprint density at radius 3 is 3.08 bits per heavy atom. The Labute approximate surface area is 73.6 Å². The topological polar surface area (TPSA) is 46.3 Å². The van der Waals surface area contributed by atoms with E-state index in [1.54, 1.807) is 18.3 Å². The van der Waals surface area contributed by atoms with Gasteiger partial charge < -0.3 is 9.52 Å². The molecule has 0 radical (unpaired) electrons. The Morgan fingerprint density at radius 2 is 2.42 bits per heavy atom. The van der Waals surface area contributed by atoms with E-state index < -0.39 is 0 Å². The van der Waals surface area contributed by atoms with Gasteiger partial charge in [0.05, 0.1) is 5.39 Å². The highest BCUT2D eigenvalue weighted by Gasteiger charge is 2.05. The molecular weight excluding hydrogens is 178 g/mol. The molecule has 3 nitrogen and oxygen atoms in total. The van der Waals surface area contributed by atoms with Crippen molar-refractivity contribution in [2.24, 2.45) is 0 Å². The molecule has 0 unspecified atom stereocenters. The molecule has 2 heterocycles. The lowest BCUT2D eigenvalue weighted by molar-refractivity contribution is 0.251. The summed E-state index contributed by atoms with van der Waals surface area (Å²) in [5, 5.41) is 9.91. The first kappa shape index (κ1) is 7.58. The standard InChI is InChI=1S/C8H6ClNO2/c9-8-6-3-5(4-11)12-7(6)1-2-10-8/h1-3,11H,4H2. The zero-order valence-corrected chi connectivity index (χ0v) is 6.88. The minimum atomic E-state index is -0.120. The third-order valence-electron chi connectivity index (χ3n) is 1.60. The normalized spacial score (nSPS) is 10.8. The average Bonchev–Trinajstić information content (AvgIpc) is 2.49. The lowest BCUT2D eigenvalue weighted by Crippen LogP contribution is -1.73. The molecule has 2 aromatic rings. The van der Waals surface area contributed by atoms with Crippen LogP contribution < -0.4 is 0 Å². The van der Waals surface area contributed by atoms with E-state index in [4.69, 9.17) is 21.1 Å². The number of pyridine rings is 1. The number of nitrogens with zero attached hydrogens (tertiary/aromatic N) is 1. The Bertz CT molecular complexity index is 410. The molecule has 0 atom stereocenters. The fraction of sp³-hybridized carbons (Fsp3) is 0.125. The fourth-order valence-corrected chi connectivity index (χ4v) is 1.26. The van der Waals surface area contributed by atoms with Crippen molar-refractivity contribution >= 4 is 22.6 Å². The first-order chi connectivity index (χ1) is 5.81. The lowest BCUT2D eigenvalue weighted by atomic mass is 10.3. The van der Waals surface area contributed by atoms with Gasteiger partial charge in [0.2, 0.25) is 0 Å². The molecule has 0 saturated heterocycles. The van der Waals surface area contributed by atoms with Gasteiger partial charge in [0.15, 0.2) is 0 Å². The number of furan rings is 1. The summed E-state index contributed by atoms with van der Waals surface area (Å²) in [4.78, 5) is 3.88. The molecule has 0 fully saturated rings. The molecular formula is C8H6ClNO2. The van der Waals surface area contributed by atoms with Gasteiger partial charge in [0, 0.05) is 6.20 Å². The van der Waals surface area contributed by atoms with Crippen molar-refractivity contribution in [3.05, 3.63) is 29.2 Å².